The molecule has 5 heteroatoms. The van der Waals surface area contributed by atoms with Gasteiger partial charge in [0.1, 0.15) is 0 Å². The van der Waals surface area contributed by atoms with E-state index < -0.39 is 0 Å². The van der Waals surface area contributed by atoms with Crippen molar-refractivity contribution in [1.82, 2.24) is 15.2 Å². The first-order chi connectivity index (χ1) is 9.72. The number of carbonyl (C=O) groups excluding carboxylic acids is 1. The van der Waals surface area contributed by atoms with Gasteiger partial charge >= 0.3 is 6.03 Å². The van der Waals surface area contributed by atoms with E-state index in [0.717, 1.165) is 30.8 Å². The summed E-state index contributed by atoms with van der Waals surface area (Å²) >= 11 is 1.78. The number of nitrogens with one attached hydrogen (secondary N) is 1. The molecule has 0 spiro atoms. The van der Waals surface area contributed by atoms with Gasteiger partial charge in [0.15, 0.2) is 0 Å². The Hall–Kier alpha value is -1.88. The number of pyridine rings is 1. The molecular formula is C15H17N3OS. The maximum absolute atomic E-state index is 12.2. The second kappa shape index (κ2) is 5.63. The van der Waals surface area contributed by atoms with E-state index >= 15 is 0 Å². The summed E-state index contributed by atoms with van der Waals surface area (Å²) in [5, 5.41) is 5.06. The molecule has 3 heterocycles. The summed E-state index contributed by atoms with van der Waals surface area (Å²) in [4.78, 5) is 19.7. The fourth-order valence-electron chi connectivity index (χ4n) is 2.31. The number of rotatable bonds is 2. The Labute approximate surface area is 122 Å². The van der Waals surface area contributed by atoms with Crippen LogP contribution >= 0.6 is 11.3 Å². The Kier molecular flexibility index (Phi) is 3.69. The highest BCUT2D eigenvalue weighted by atomic mass is 32.1. The van der Waals surface area contributed by atoms with Gasteiger partial charge in [0.05, 0.1) is 0 Å². The molecule has 2 aromatic heterocycles. The first kappa shape index (κ1) is 13.1. The molecule has 0 aliphatic carbocycles. The molecule has 1 N–H and O–H groups in total. The van der Waals surface area contributed by atoms with Crippen LogP contribution in [-0.4, -0.2) is 22.5 Å². The molecule has 3 rings (SSSR count). The molecule has 1 aliphatic heterocycles. The van der Waals surface area contributed by atoms with E-state index in [0.29, 0.717) is 6.54 Å². The average molecular weight is 287 g/mol. The highest BCUT2D eigenvalue weighted by Crippen LogP contribution is 2.23. The molecule has 0 saturated carbocycles. The van der Waals surface area contributed by atoms with Crippen molar-refractivity contribution in [2.45, 2.75) is 26.4 Å². The molecule has 0 atom stereocenters. The van der Waals surface area contributed by atoms with Crippen molar-refractivity contribution in [2.75, 3.05) is 6.54 Å². The van der Waals surface area contributed by atoms with Crippen LogP contribution in [0.4, 0.5) is 4.79 Å². The van der Waals surface area contributed by atoms with Gasteiger partial charge < -0.3 is 10.2 Å². The summed E-state index contributed by atoms with van der Waals surface area (Å²) in [6, 6.07) is 6.07. The van der Waals surface area contributed by atoms with Crippen LogP contribution in [0.1, 0.15) is 21.7 Å². The van der Waals surface area contributed by atoms with Crippen LogP contribution in [0.2, 0.25) is 0 Å². The smallest absolute Gasteiger partial charge is 0.317 e. The summed E-state index contributed by atoms with van der Waals surface area (Å²) in [6.07, 6.45) is 2.77. The van der Waals surface area contributed by atoms with Gasteiger partial charge in [-0.25, -0.2) is 4.79 Å². The zero-order valence-electron chi connectivity index (χ0n) is 11.4. The number of carbonyl (C=O) groups is 1. The number of nitrogens with zero attached hydrogens (tertiary/aromatic N) is 2. The summed E-state index contributed by atoms with van der Waals surface area (Å²) < 4.78 is 0. The van der Waals surface area contributed by atoms with Gasteiger partial charge in [-0.2, -0.15) is 0 Å². The van der Waals surface area contributed by atoms with E-state index in [1.54, 1.807) is 11.3 Å². The van der Waals surface area contributed by atoms with E-state index in [1.165, 1.54) is 10.4 Å². The molecule has 0 unspecified atom stereocenters. The first-order valence-electron chi connectivity index (χ1n) is 6.72. The predicted molar refractivity (Wildman–Crippen MR) is 79.6 cm³/mol. The second-order valence-electron chi connectivity index (χ2n) is 5.01. The highest BCUT2D eigenvalue weighted by Gasteiger charge is 2.20. The lowest BCUT2D eigenvalue weighted by Crippen LogP contribution is -2.42. The Bertz CT molecular complexity index is 606. The lowest BCUT2D eigenvalue weighted by molar-refractivity contribution is 0.192. The van der Waals surface area contributed by atoms with Gasteiger partial charge in [-0.15, -0.1) is 11.3 Å². The minimum atomic E-state index is 0.00225. The fourth-order valence-corrected chi connectivity index (χ4v) is 3.20. The van der Waals surface area contributed by atoms with Crippen LogP contribution in [0, 0.1) is 6.92 Å². The summed E-state index contributed by atoms with van der Waals surface area (Å²) in [6.45, 7) is 4.00. The van der Waals surface area contributed by atoms with E-state index in [9.17, 15) is 4.79 Å². The third kappa shape index (κ3) is 2.82. The Morgan fingerprint density at radius 3 is 3.15 bits per heavy atom. The maximum atomic E-state index is 12.2. The van der Waals surface area contributed by atoms with Crippen LogP contribution in [-0.2, 0) is 19.5 Å². The molecule has 104 valence electrons. The Morgan fingerprint density at radius 2 is 2.35 bits per heavy atom. The van der Waals surface area contributed by atoms with Crippen molar-refractivity contribution in [3.63, 3.8) is 0 Å². The number of aryl methyl sites for hydroxylation is 1. The molecule has 0 bridgehead atoms. The lowest BCUT2D eigenvalue weighted by Gasteiger charge is -2.27. The topological polar surface area (TPSA) is 45.2 Å². The number of amides is 2. The first-order valence-corrected chi connectivity index (χ1v) is 7.60. The summed E-state index contributed by atoms with van der Waals surface area (Å²) in [5.41, 5.74) is 3.30. The third-order valence-electron chi connectivity index (χ3n) is 3.51. The molecule has 0 radical (unpaired) electrons. The number of fused-ring (bicyclic) bond motifs is 1. The standard InChI is InChI=1S/C15H17N3OS/c1-11-2-3-12(8-16-11)9-17-15(19)18-6-4-14-13(10-18)5-7-20-14/h2-3,5,7-8H,4,6,9-10H2,1H3,(H,17,19). The summed E-state index contributed by atoms with van der Waals surface area (Å²) in [5.74, 6) is 0. The van der Waals surface area contributed by atoms with Gasteiger partial charge in [0.2, 0.25) is 0 Å². The van der Waals surface area contributed by atoms with Crippen molar-refractivity contribution >= 4 is 17.4 Å². The predicted octanol–water partition coefficient (Wildman–Crippen LogP) is 2.72. The van der Waals surface area contributed by atoms with Crippen molar-refractivity contribution < 1.29 is 4.79 Å². The lowest BCUT2D eigenvalue weighted by atomic mass is 10.1. The van der Waals surface area contributed by atoms with Crippen LogP contribution in [0.15, 0.2) is 29.8 Å². The number of hydrogen-bond acceptors (Lipinski definition) is 3. The van der Waals surface area contributed by atoms with Gasteiger partial charge in [-0.3, -0.25) is 4.98 Å². The minimum absolute atomic E-state index is 0.00225. The third-order valence-corrected chi connectivity index (χ3v) is 4.53. The van der Waals surface area contributed by atoms with Crippen LogP contribution < -0.4 is 5.32 Å². The molecular weight excluding hydrogens is 270 g/mol. The fraction of sp³-hybridized carbons (Fsp3) is 0.333. The largest absolute Gasteiger partial charge is 0.334 e. The molecule has 2 amide bonds. The van der Waals surface area contributed by atoms with Crippen LogP contribution in [0.3, 0.4) is 0 Å². The molecule has 0 aromatic carbocycles. The number of thiophene rings is 1. The highest BCUT2D eigenvalue weighted by molar-refractivity contribution is 7.10. The molecule has 0 saturated heterocycles. The number of aromatic nitrogens is 1. The van der Waals surface area contributed by atoms with Crippen molar-refractivity contribution in [3.8, 4) is 0 Å². The van der Waals surface area contributed by atoms with E-state index in [4.69, 9.17) is 0 Å². The maximum Gasteiger partial charge on any atom is 0.317 e. The minimum Gasteiger partial charge on any atom is -0.334 e. The normalized spacial score (nSPS) is 13.9. The molecule has 0 fully saturated rings. The van der Waals surface area contributed by atoms with Crippen molar-refractivity contribution in [3.05, 3.63) is 51.5 Å². The van der Waals surface area contributed by atoms with E-state index in [1.807, 2.05) is 30.2 Å². The number of urea groups is 1. The zero-order valence-corrected chi connectivity index (χ0v) is 12.2. The van der Waals surface area contributed by atoms with Crippen LogP contribution in [0.5, 0.6) is 0 Å². The Balaban J connectivity index is 1.56. The zero-order chi connectivity index (χ0) is 13.9. The van der Waals surface area contributed by atoms with Crippen molar-refractivity contribution in [2.24, 2.45) is 0 Å². The van der Waals surface area contributed by atoms with Crippen molar-refractivity contribution in [1.29, 1.82) is 0 Å². The summed E-state index contributed by atoms with van der Waals surface area (Å²) in [7, 11) is 0. The second-order valence-corrected chi connectivity index (χ2v) is 6.01. The average Bonchev–Trinajstić information content (AvgIpc) is 2.93. The quantitative estimate of drug-likeness (QED) is 0.923. The number of hydrogen-bond donors (Lipinski definition) is 1. The molecule has 2 aromatic rings. The van der Waals surface area contributed by atoms with E-state index in [2.05, 4.69) is 21.7 Å². The van der Waals surface area contributed by atoms with Gasteiger partial charge in [0.25, 0.3) is 0 Å². The molecule has 20 heavy (non-hydrogen) atoms. The van der Waals surface area contributed by atoms with Gasteiger partial charge in [-0.05, 0) is 42.0 Å². The molecule has 1 aliphatic rings. The van der Waals surface area contributed by atoms with Crippen LogP contribution in [0.25, 0.3) is 0 Å². The van der Waals surface area contributed by atoms with Gasteiger partial charge in [-0.1, -0.05) is 6.07 Å². The Morgan fingerprint density at radius 1 is 1.45 bits per heavy atom. The van der Waals surface area contributed by atoms with E-state index in [-0.39, 0.29) is 6.03 Å². The monoisotopic (exact) mass is 287 g/mol. The molecule has 4 nitrogen and oxygen atoms in total. The SMILES string of the molecule is Cc1ccc(CNC(=O)N2CCc3sccc3C2)cn1. The van der Waals surface area contributed by atoms with Gasteiger partial charge in [0, 0.05) is 36.4 Å².